The molecule has 1 aliphatic rings. The number of methoxy groups -OCH3 is 2. The number of para-hydroxylation sites is 2. The van der Waals surface area contributed by atoms with Gasteiger partial charge in [0.1, 0.15) is 11.5 Å². The molecule has 0 aromatic heterocycles. The molecule has 4 rings (SSSR count). The Balaban J connectivity index is 2.00. The lowest BCUT2D eigenvalue weighted by molar-refractivity contribution is -0.132. The zero-order valence-corrected chi connectivity index (χ0v) is 21.0. The topological polar surface area (TPSA) is 85.3 Å². The number of hydrogen-bond acceptors (Lipinski definition) is 6. The highest BCUT2D eigenvalue weighted by atomic mass is 16.5. The maximum Gasteiger partial charge on any atom is 0.300 e. The van der Waals surface area contributed by atoms with E-state index in [-0.39, 0.29) is 11.3 Å². The number of ketones is 1. The number of rotatable bonds is 7. The van der Waals surface area contributed by atoms with Crippen LogP contribution in [-0.2, 0) is 9.59 Å². The smallest absolute Gasteiger partial charge is 0.300 e. The summed E-state index contributed by atoms with van der Waals surface area (Å²) in [6.45, 7) is 6.14. The molecule has 7 heteroatoms. The molecule has 3 aromatic rings. The van der Waals surface area contributed by atoms with E-state index in [0.717, 1.165) is 11.1 Å². The minimum Gasteiger partial charge on any atom is -0.507 e. The molecule has 0 radical (unpaired) electrons. The summed E-state index contributed by atoms with van der Waals surface area (Å²) in [6.07, 6.45) is 0. The van der Waals surface area contributed by atoms with Crippen LogP contribution in [0.25, 0.3) is 5.76 Å². The van der Waals surface area contributed by atoms with Gasteiger partial charge in [0.15, 0.2) is 11.5 Å². The van der Waals surface area contributed by atoms with Gasteiger partial charge in [0.25, 0.3) is 11.7 Å². The number of aliphatic hydroxyl groups is 1. The van der Waals surface area contributed by atoms with E-state index in [1.807, 2.05) is 26.8 Å². The number of aryl methyl sites for hydroxylation is 2. The van der Waals surface area contributed by atoms with Crippen molar-refractivity contribution in [3.05, 3.63) is 88.5 Å². The fourth-order valence-electron chi connectivity index (χ4n) is 4.40. The largest absolute Gasteiger partial charge is 0.507 e. The first-order valence-corrected chi connectivity index (χ1v) is 11.6. The fourth-order valence-corrected chi connectivity index (χ4v) is 4.40. The standard InChI is InChI=1S/C29H29NO6/c1-6-36-24-16-19(13-14-23(24)35-5)26-25(27(31)20-12-11-17(2)18(3)15-20)28(32)29(33)30(26)21-9-7-8-10-22(21)34-4/h7-16,26,31H,6H2,1-5H3/b27-25-. The average Bonchev–Trinajstić information content (AvgIpc) is 3.15. The van der Waals surface area contributed by atoms with Gasteiger partial charge >= 0.3 is 0 Å². The molecule has 1 heterocycles. The number of nitrogens with zero attached hydrogens (tertiary/aromatic N) is 1. The second-order valence-corrected chi connectivity index (χ2v) is 8.48. The van der Waals surface area contributed by atoms with E-state index in [1.165, 1.54) is 19.1 Å². The summed E-state index contributed by atoms with van der Waals surface area (Å²) in [4.78, 5) is 28.3. The van der Waals surface area contributed by atoms with Crippen molar-refractivity contribution >= 4 is 23.1 Å². The molecule has 1 aliphatic heterocycles. The Labute approximate surface area is 210 Å². The van der Waals surface area contributed by atoms with Crippen LogP contribution >= 0.6 is 0 Å². The van der Waals surface area contributed by atoms with Gasteiger partial charge < -0.3 is 19.3 Å². The molecule has 1 saturated heterocycles. The number of benzene rings is 3. The van der Waals surface area contributed by atoms with E-state index in [1.54, 1.807) is 54.6 Å². The SMILES string of the molecule is CCOc1cc(C2/C(=C(/O)c3ccc(C)c(C)c3)C(=O)C(=O)N2c2ccccc2OC)ccc1OC. The molecular formula is C29H29NO6. The minimum absolute atomic E-state index is 0.0122. The lowest BCUT2D eigenvalue weighted by Gasteiger charge is -2.27. The van der Waals surface area contributed by atoms with Crippen molar-refractivity contribution in [1.29, 1.82) is 0 Å². The van der Waals surface area contributed by atoms with Crippen LogP contribution < -0.4 is 19.1 Å². The quantitative estimate of drug-likeness (QED) is 0.275. The first kappa shape index (κ1) is 24.9. The highest BCUT2D eigenvalue weighted by Gasteiger charge is 2.48. The molecule has 1 atom stereocenters. The van der Waals surface area contributed by atoms with E-state index >= 15 is 0 Å². The molecule has 1 unspecified atom stereocenters. The summed E-state index contributed by atoms with van der Waals surface area (Å²) in [5, 5.41) is 11.4. The first-order valence-electron chi connectivity index (χ1n) is 11.6. The highest BCUT2D eigenvalue weighted by Crippen LogP contribution is 2.46. The predicted octanol–water partition coefficient (Wildman–Crippen LogP) is 5.35. The van der Waals surface area contributed by atoms with Gasteiger partial charge in [0, 0.05) is 5.56 Å². The molecular weight excluding hydrogens is 458 g/mol. The maximum atomic E-state index is 13.5. The van der Waals surface area contributed by atoms with Crippen molar-refractivity contribution in [1.82, 2.24) is 0 Å². The normalized spacial score (nSPS) is 16.8. The molecule has 7 nitrogen and oxygen atoms in total. The van der Waals surface area contributed by atoms with Crippen LogP contribution in [0.15, 0.2) is 66.2 Å². The monoisotopic (exact) mass is 487 g/mol. The Bertz CT molecular complexity index is 1360. The van der Waals surface area contributed by atoms with E-state index < -0.39 is 17.7 Å². The first-order chi connectivity index (χ1) is 17.3. The Kier molecular flexibility index (Phi) is 7.01. The van der Waals surface area contributed by atoms with Gasteiger partial charge in [-0.25, -0.2) is 0 Å². The number of carbonyl (C=O) groups excluding carboxylic acids is 2. The van der Waals surface area contributed by atoms with Crippen molar-refractivity contribution < 1.29 is 28.9 Å². The Morgan fingerprint density at radius 2 is 1.61 bits per heavy atom. The molecule has 0 aliphatic carbocycles. The third-order valence-electron chi connectivity index (χ3n) is 6.37. The van der Waals surface area contributed by atoms with Crippen LogP contribution in [0.3, 0.4) is 0 Å². The fraction of sp³-hybridized carbons (Fsp3) is 0.241. The van der Waals surface area contributed by atoms with E-state index in [0.29, 0.717) is 40.7 Å². The van der Waals surface area contributed by atoms with Crippen LogP contribution in [0.5, 0.6) is 17.2 Å². The summed E-state index contributed by atoms with van der Waals surface area (Å²) in [7, 11) is 3.04. The highest BCUT2D eigenvalue weighted by molar-refractivity contribution is 6.52. The van der Waals surface area contributed by atoms with Crippen molar-refractivity contribution in [2.75, 3.05) is 25.7 Å². The Morgan fingerprint density at radius 3 is 2.28 bits per heavy atom. The van der Waals surface area contributed by atoms with Gasteiger partial charge in [-0.05, 0) is 67.8 Å². The van der Waals surface area contributed by atoms with Gasteiger partial charge in [0.05, 0.1) is 38.1 Å². The van der Waals surface area contributed by atoms with Crippen LogP contribution in [0, 0.1) is 13.8 Å². The maximum absolute atomic E-state index is 13.5. The van der Waals surface area contributed by atoms with Gasteiger partial charge in [-0.15, -0.1) is 0 Å². The number of amides is 1. The third kappa shape index (κ3) is 4.28. The van der Waals surface area contributed by atoms with Crippen molar-refractivity contribution in [2.24, 2.45) is 0 Å². The number of hydrogen-bond donors (Lipinski definition) is 1. The molecule has 1 amide bonds. The molecule has 1 N–H and O–H groups in total. The number of Topliss-reactive ketones (excluding diaryl/α,β-unsaturated/α-hetero) is 1. The second-order valence-electron chi connectivity index (χ2n) is 8.48. The van der Waals surface area contributed by atoms with Crippen LogP contribution in [-0.4, -0.2) is 37.6 Å². The van der Waals surface area contributed by atoms with Crippen LogP contribution in [0.4, 0.5) is 5.69 Å². The van der Waals surface area contributed by atoms with Crippen LogP contribution in [0.1, 0.15) is 35.2 Å². The molecule has 0 bridgehead atoms. The van der Waals surface area contributed by atoms with Gasteiger partial charge in [-0.3, -0.25) is 14.5 Å². The van der Waals surface area contributed by atoms with Gasteiger partial charge in [0.2, 0.25) is 0 Å². The number of anilines is 1. The summed E-state index contributed by atoms with van der Waals surface area (Å²) < 4.78 is 16.7. The van der Waals surface area contributed by atoms with Gasteiger partial charge in [-0.1, -0.05) is 30.3 Å². The Hall–Kier alpha value is -4.26. The summed E-state index contributed by atoms with van der Waals surface area (Å²) >= 11 is 0. The lowest BCUT2D eigenvalue weighted by atomic mass is 9.94. The van der Waals surface area contributed by atoms with E-state index in [2.05, 4.69) is 0 Å². The molecule has 36 heavy (non-hydrogen) atoms. The van der Waals surface area contributed by atoms with Crippen molar-refractivity contribution in [3.8, 4) is 17.2 Å². The Morgan fingerprint density at radius 1 is 0.889 bits per heavy atom. The third-order valence-corrected chi connectivity index (χ3v) is 6.37. The molecule has 186 valence electrons. The summed E-state index contributed by atoms with van der Waals surface area (Å²) in [6, 6.07) is 16.7. The minimum atomic E-state index is -0.923. The van der Waals surface area contributed by atoms with Crippen molar-refractivity contribution in [2.45, 2.75) is 26.8 Å². The zero-order chi connectivity index (χ0) is 26.0. The van der Waals surface area contributed by atoms with E-state index in [4.69, 9.17) is 14.2 Å². The molecule has 1 fully saturated rings. The van der Waals surface area contributed by atoms with Gasteiger partial charge in [-0.2, -0.15) is 0 Å². The lowest BCUT2D eigenvalue weighted by Crippen LogP contribution is -2.29. The number of aliphatic hydroxyl groups excluding tert-OH is 1. The molecule has 3 aromatic carbocycles. The zero-order valence-electron chi connectivity index (χ0n) is 21.0. The molecule has 0 spiro atoms. The summed E-state index contributed by atoms with van der Waals surface area (Å²) in [5.74, 6) is -0.376. The molecule has 0 saturated carbocycles. The van der Waals surface area contributed by atoms with Crippen LogP contribution in [0.2, 0.25) is 0 Å². The summed E-state index contributed by atoms with van der Waals surface area (Å²) in [5.41, 5.74) is 3.45. The second kappa shape index (κ2) is 10.2. The number of ether oxygens (including phenoxy) is 3. The predicted molar refractivity (Wildman–Crippen MR) is 138 cm³/mol. The average molecular weight is 488 g/mol. The van der Waals surface area contributed by atoms with E-state index in [9.17, 15) is 14.7 Å². The number of carbonyl (C=O) groups is 2. The van der Waals surface area contributed by atoms with Crippen molar-refractivity contribution in [3.63, 3.8) is 0 Å².